The van der Waals surface area contributed by atoms with Gasteiger partial charge in [0, 0.05) is 37.1 Å². The minimum Gasteiger partial charge on any atom is -0.353 e. The number of rotatable bonds is 4. The number of carbonyl (C=O) groups is 1. The van der Waals surface area contributed by atoms with Crippen molar-refractivity contribution in [2.75, 3.05) is 18.0 Å². The SMILES string of the molecule is O=C(NC1CC1)[C@@H]1CCCN(c2ncc(-c3ccc(F)cc3)cn2)C1. The highest BCUT2D eigenvalue weighted by Crippen LogP contribution is 2.25. The van der Waals surface area contributed by atoms with E-state index in [1.54, 1.807) is 24.5 Å². The molecule has 1 aliphatic heterocycles. The Kier molecular flexibility index (Phi) is 4.34. The molecule has 130 valence electrons. The van der Waals surface area contributed by atoms with Gasteiger partial charge in [-0.25, -0.2) is 14.4 Å². The highest BCUT2D eigenvalue weighted by atomic mass is 19.1. The van der Waals surface area contributed by atoms with Crippen molar-refractivity contribution in [2.45, 2.75) is 31.7 Å². The van der Waals surface area contributed by atoms with Crippen LogP contribution in [0.1, 0.15) is 25.7 Å². The van der Waals surface area contributed by atoms with Gasteiger partial charge < -0.3 is 10.2 Å². The number of hydrogen-bond acceptors (Lipinski definition) is 4. The molecule has 4 rings (SSSR count). The van der Waals surface area contributed by atoms with Crippen LogP contribution in [-0.2, 0) is 4.79 Å². The summed E-state index contributed by atoms with van der Waals surface area (Å²) in [7, 11) is 0. The molecule has 2 heterocycles. The fourth-order valence-electron chi connectivity index (χ4n) is 3.20. The van der Waals surface area contributed by atoms with Gasteiger partial charge >= 0.3 is 0 Å². The van der Waals surface area contributed by atoms with Crippen molar-refractivity contribution >= 4 is 11.9 Å². The lowest BCUT2D eigenvalue weighted by Gasteiger charge is -2.32. The number of nitrogens with zero attached hydrogens (tertiary/aromatic N) is 3. The number of anilines is 1. The van der Waals surface area contributed by atoms with E-state index in [0.717, 1.165) is 43.4 Å². The highest BCUT2D eigenvalue weighted by molar-refractivity contribution is 5.80. The second-order valence-corrected chi connectivity index (χ2v) is 6.85. The molecule has 6 heteroatoms. The van der Waals surface area contributed by atoms with E-state index in [4.69, 9.17) is 0 Å². The van der Waals surface area contributed by atoms with E-state index in [-0.39, 0.29) is 17.6 Å². The van der Waals surface area contributed by atoms with Crippen LogP contribution in [0.25, 0.3) is 11.1 Å². The lowest BCUT2D eigenvalue weighted by molar-refractivity contribution is -0.125. The molecule has 1 saturated heterocycles. The number of aromatic nitrogens is 2. The average Bonchev–Trinajstić information content (AvgIpc) is 3.47. The summed E-state index contributed by atoms with van der Waals surface area (Å²) in [5.41, 5.74) is 1.73. The van der Waals surface area contributed by atoms with Crippen molar-refractivity contribution in [3.8, 4) is 11.1 Å². The predicted octanol–water partition coefficient (Wildman–Crippen LogP) is 2.78. The fraction of sp³-hybridized carbons (Fsp3) is 0.421. The standard InChI is InChI=1S/C19H21FN4O/c20-16-5-3-13(4-6-16)15-10-21-19(22-11-15)24-9-1-2-14(12-24)18(25)23-17-7-8-17/h3-6,10-11,14,17H,1-2,7-9,12H2,(H,23,25)/t14-/m1/s1. The van der Waals surface area contributed by atoms with E-state index >= 15 is 0 Å². The molecular weight excluding hydrogens is 319 g/mol. The highest BCUT2D eigenvalue weighted by Gasteiger charge is 2.31. The van der Waals surface area contributed by atoms with Crippen molar-refractivity contribution in [3.05, 3.63) is 42.5 Å². The summed E-state index contributed by atoms with van der Waals surface area (Å²) in [6.07, 6.45) is 7.60. The van der Waals surface area contributed by atoms with Crippen molar-refractivity contribution in [3.63, 3.8) is 0 Å². The molecule has 1 N–H and O–H groups in total. The van der Waals surface area contributed by atoms with E-state index in [1.165, 1.54) is 12.1 Å². The molecule has 2 aromatic rings. The molecule has 1 saturated carbocycles. The Morgan fingerprint density at radius 2 is 1.80 bits per heavy atom. The third-order valence-corrected chi connectivity index (χ3v) is 4.81. The smallest absolute Gasteiger partial charge is 0.225 e. The average molecular weight is 340 g/mol. The molecule has 25 heavy (non-hydrogen) atoms. The Balaban J connectivity index is 1.43. The van der Waals surface area contributed by atoms with Crippen LogP contribution < -0.4 is 10.2 Å². The van der Waals surface area contributed by atoms with Crippen molar-refractivity contribution < 1.29 is 9.18 Å². The maximum atomic E-state index is 13.0. The summed E-state index contributed by atoms with van der Waals surface area (Å²) in [5, 5.41) is 3.09. The van der Waals surface area contributed by atoms with E-state index in [0.29, 0.717) is 18.5 Å². The predicted molar refractivity (Wildman–Crippen MR) is 93.5 cm³/mol. The van der Waals surface area contributed by atoms with Crippen LogP contribution in [0.5, 0.6) is 0 Å². The second-order valence-electron chi connectivity index (χ2n) is 6.85. The van der Waals surface area contributed by atoms with Crippen LogP contribution in [0.15, 0.2) is 36.7 Å². The molecule has 0 unspecified atom stereocenters. The first-order valence-electron chi connectivity index (χ1n) is 8.82. The first kappa shape index (κ1) is 16.0. The summed E-state index contributed by atoms with van der Waals surface area (Å²) >= 11 is 0. The zero-order chi connectivity index (χ0) is 17.2. The van der Waals surface area contributed by atoms with Crippen LogP contribution in [0, 0.1) is 11.7 Å². The summed E-state index contributed by atoms with van der Waals surface area (Å²) in [6, 6.07) is 6.68. The minimum atomic E-state index is -0.259. The topological polar surface area (TPSA) is 58.1 Å². The van der Waals surface area contributed by atoms with Crippen molar-refractivity contribution in [1.29, 1.82) is 0 Å². The number of piperidine rings is 1. The molecule has 1 aromatic heterocycles. The third-order valence-electron chi connectivity index (χ3n) is 4.81. The van der Waals surface area contributed by atoms with Gasteiger partial charge in [0.05, 0.1) is 5.92 Å². The maximum absolute atomic E-state index is 13.0. The number of carbonyl (C=O) groups excluding carboxylic acids is 1. The Labute approximate surface area is 146 Å². The Morgan fingerprint density at radius 1 is 1.08 bits per heavy atom. The Morgan fingerprint density at radius 3 is 2.48 bits per heavy atom. The van der Waals surface area contributed by atoms with Crippen LogP contribution in [0.4, 0.5) is 10.3 Å². The first-order valence-corrected chi connectivity index (χ1v) is 8.82. The number of hydrogen-bond donors (Lipinski definition) is 1. The molecule has 1 aliphatic carbocycles. The molecule has 0 radical (unpaired) electrons. The van der Waals surface area contributed by atoms with E-state index < -0.39 is 0 Å². The molecule has 0 spiro atoms. The van der Waals surface area contributed by atoms with E-state index in [1.807, 2.05) is 0 Å². The molecular formula is C19H21FN4O. The van der Waals surface area contributed by atoms with Crippen LogP contribution in [0.2, 0.25) is 0 Å². The van der Waals surface area contributed by atoms with Gasteiger partial charge in [-0.15, -0.1) is 0 Å². The Bertz CT molecular complexity index is 743. The molecule has 0 bridgehead atoms. The zero-order valence-electron chi connectivity index (χ0n) is 14.0. The number of halogens is 1. The summed E-state index contributed by atoms with van der Waals surface area (Å²) < 4.78 is 13.0. The first-order chi connectivity index (χ1) is 12.2. The number of benzene rings is 1. The van der Waals surface area contributed by atoms with E-state index in [2.05, 4.69) is 20.2 Å². The molecule has 1 amide bonds. The minimum absolute atomic E-state index is 0.00900. The molecule has 1 aromatic carbocycles. The summed E-state index contributed by atoms with van der Waals surface area (Å²) in [5.74, 6) is 0.560. The van der Waals surface area contributed by atoms with Gasteiger partial charge in [0.25, 0.3) is 0 Å². The molecule has 5 nitrogen and oxygen atoms in total. The largest absolute Gasteiger partial charge is 0.353 e. The van der Waals surface area contributed by atoms with Crippen LogP contribution in [-0.4, -0.2) is 35.0 Å². The van der Waals surface area contributed by atoms with Gasteiger partial charge in [-0.05, 0) is 43.4 Å². The third kappa shape index (κ3) is 3.78. The normalized spacial score (nSPS) is 20.4. The van der Waals surface area contributed by atoms with E-state index in [9.17, 15) is 9.18 Å². The Hall–Kier alpha value is -2.50. The van der Waals surface area contributed by atoms with Gasteiger partial charge in [-0.1, -0.05) is 12.1 Å². The van der Waals surface area contributed by atoms with Crippen molar-refractivity contribution in [2.24, 2.45) is 5.92 Å². The van der Waals surface area contributed by atoms with Crippen LogP contribution in [0.3, 0.4) is 0 Å². The summed E-state index contributed by atoms with van der Waals surface area (Å²) in [4.78, 5) is 23.3. The fourth-order valence-corrected chi connectivity index (χ4v) is 3.20. The summed E-state index contributed by atoms with van der Waals surface area (Å²) in [6.45, 7) is 1.53. The van der Waals surface area contributed by atoms with Gasteiger partial charge in [-0.2, -0.15) is 0 Å². The molecule has 2 fully saturated rings. The van der Waals surface area contributed by atoms with Crippen LogP contribution >= 0.6 is 0 Å². The van der Waals surface area contributed by atoms with Gasteiger partial charge in [-0.3, -0.25) is 4.79 Å². The lowest BCUT2D eigenvalue weighted by Crippen LogP contribution is -2.44. The van der Waals surface area contributed by atoms with Crippen molar-refractivity contribution in [1.82, 2.24) is 15.3 Å². The quantitative estimate of drug-likeness (QED) is 0.930. The van der Waals surface area contributed by atoms with Gasteiger partial charge in [0.2, 0.25) is 11.9 Å². The van der Waals surface area contributed by atoms with Gasteiger partial charge in [0.15, 0.2) is 0 Å². The number of amides is 1. The molecule has 2 aliphatic rings. The monoisotopic (exact) mass is 340 g/mol. The molecule has 1 atom stereocenters. The number of nitrogens with one attached hydrogen (secondary N) is 1. The van der Waals surface area contributed by atoms with Gasteiger partial charge in [0.1, 0.15) is 5.82 Å². The second kappa shape index (κ2) is 6.78. The maximum Gasteiger partial charge on any atom is 0.225 e. The zero-order valence-corrected chi connectivity index (χ0v) is 14.0. The lowest BCUT2D eigenvalue weighted by atomic mass is 9.97.